The van der Waals surface area contributed by atoms with Gasteiger partial charge >= 0.3 is 0 Å². The van der Waals surface area contributed by atoms with Gasteiger partial charge in [0.25, 0.3) is 0 Å². The predicted molar refractivity (Wildman–Crippen MR) is 136 cm³/mol. The van der Waals surface area contributed by atoms with Gasteiger partial charge in [-0.3, -0.25) is 9.78 Å². The van der Waals surface area contributed by atoms with Gasteiger partial charge in [-0.2, -0.15) is 0 Å². The Balaban J connectivity index is 1.63. The number of nitrogens with zero attached hydrogens (tertiary/aromatic N) is 1. The fraction of sp³-hybridized carbons (Fsp3) is 0.310. The molecule has 0 saturated carbocycles. The number of carbonyl (C=O) groups is 1. The second-order valence-electron chi connectivity index (χ2n) is 9.29. The molecular formula is C29H34N2O. The van der Waals surface area contributed by atoms with Crippen molar-refractivity contribution in [2.45, 2.75) is 53.9 Å². The molecule has 0 aliphatic heterocycles. The van der Waals surface area contributed by atoms with Crippen LogP contribution in [0.2, 0.25) is 0 Å². The lowest BCUT2D eigenvalue weighted by Gasteiger charge is -2.32. The molecule has 1 heterocycles. The molecule has 1 aromatic carbocycles. The first-order chi connectivity index (χ1) is 15.3. The Hall–Kier alpha value is -3.20. The average Bonchev–Trinajstić information content (AvgIpc) is 2.73. The van der Waals surface area contributed by atoms with E-state index < -0.39 is 0 Å². The minimum absolute atomic E-state index is 0.147. The van der Waals surface area contributed by atoms with Gasteiger partial charge in [0, 0.05) is 17.7 Å². The van der Waals surface area contributed by atoms with Crippen LogP contribution in [0.5, 0.6) is 0 Å². The smallest absolute Gasteiger partial charge is 0.248 e. The molecule has 3 heteroatoms. The lowest BCUT2D eigenvalue weighted by molar-refractivity contribution is -0.111. The number of rotatable bonds is 6. The lowest BCUT2D eigenvalue weighted by atomic mass is 9.72. The van der Waals surface area contributed by atoms with Crippen molar-refractivity contribution in [2.75, 3.05) is 5.32 Å². The highest BCUT2D eigenvalue weighted by Gasteiger charge is 2.26. The molecule has 32 heavy (non-hydrogen) atoms. The molecule has 0 spiro atoms. The third kappa shape index (κ3) is 6.16. The Bertz CT molecular complexity index is 1140. The van der Waals surface area contributed by atoms with Gasteiger partial charge in [-0.15, -0.1) is 0 Å². The number of carbonyl (C=O) groups excluding carboxylic acids is 1. The first-order valence-corrected chi connectivity index (χ1v) is 11.3. The summed E-state index contributed by atoms with van der Waals surface area (Å²) < 4.78 is 0. The topological polar surface area (TPSA) is 42.0 Å². The molecule has 0 atom stereocenters. The Morgan fingerprint density at radius 3 is 2.66 bits per heavy atom. The van der Waals surface area contributed by atoms with E-state index in [0.29, 0.717) is 0 Å². The normalized spacial score (nSPS) is 17.5. The van der Waals surface area contributed by atoms with Crippen LogP contribution in [-0.2, 0) is 4.79 Å². The molecule has 3 nitrogen and oxygen atoms in total. The van der Waals surface area contributed by atoms with Gasteiger partial charge in [0.1, 0.15) is 0 Å². The number of hydrogen-bond donors (Lipinski definition) is 1. The molecule has 0 saturated heterocycles. The first-order valence-electron chi connectivity index (χ1n) is 11.3. The molecule has 1 aliphatic rings. The van der Waals surface area contributed by atoms with Gasteiger partial charge in [-0.25, -0.2) is 0 Å². The molecule has 166 valence electrons. The number of hydrogen-bond acceptors (Lipinski definition) is 2. The average molecular weight is 427 g/mol. The first kappa shape index (κ1) is 23.5. The van der Waals surface area contributed by atoms with Crippen molar-refractivity contribution in [3.05, 3.63) is 95.3 Å². The second-order valence-corrected chi connectivity index (χ2v) is 9.29. The Morgan fingerprint density at radius 2 is 1.88 bits per heavy atom. The number of anilines is 1. The number of fused-ring (bicyclic) bond motifs is 1. The van der Waals surface area contributed by atoms with Crippen LogP contribution in [0.3, 0.4) is 0 Å². The molecule has 1 N–H and O–H groups in total. The third-order valence-electron chi connectivity index (χ3n) is 6.04. The maximum Gasteiger partial charge on any atom is 0.248 e. The van der Waals surface area contributed by atoms with Crippen molar-refractivity contribution in [3.8, 4) is 0 Å². The predicted octanol–water partition coefficient (Wildman–Crippen LogP) is 7.70. The maximum atomic E-state index is 12.5. The quantitative estimate of drug-likeness (QED) is 0.380. The molecule has 1 amide bonds. The summed E-state index contributed by atoms with van der Waals surface area (Å²) in [5, 5.41) is 3.89. The summed E-state index contributed by atoms with van der Waals surface area (Å²) in [6, 6.07) is 9.60. The van der Waals surface area contributed by atoms with E-state index in [0.717, 1.165) is 22.2 Å². The summed E-state index contributed by atoms with van der Waals surface area (Å²) in [5.74, 6) is -0.147. The summed E-state index contributed by atoms with van der Waals surface area (Å²) in [7, 11) is 0. The van der Waals surface area contributed by atoms with Crippen molar-refractivity contribution in [2.24, 2.45) is 5.41 Å². The monoisotopic (exact) mass is 426 g/mol. The number of nitrogens with one attached hydrogen (secondary N) is 1. The highest BCUT2D eigenvalue weighted by atomic mass is 16.1. The van der Waals surface area contributed by atoms with Crippen LogP contribution in [0.25, 0.3) is 10.9 Å². The SMILES string of the molecule is CC1=C(/C=C/C(C)=C/C=C/C(C)=C/C(=O)Nc2ccnc3ccccc23)C(C)(C)CCC1. The molecule has 0 fully saturated rings. The molecule has 2 aromatic rings. The Labute approximate surface area is 192 Å². The number of amides is 1. The molecular weight excluding hydrogens is 392 g/mol. The largest absolute Gasteiger partial charge is 0.322 e. The Kier molecular flexibility index (Phi) is 7.63. The van der Waals surface area contributed by atoms with Crippen molar-refractivity contribution >= 4 is 22.5 Å². The summed E-state index contributed by atoms with van der Waals surface area (Å²) in [6.45, 7) is 11.0. The number of para-hydroxylation sites is 1. The van der Waals surface area contributed by atoms with Gasteiger partial charge in [-0.05, 0) is 68.7 Å². The summed E-state index contributed by atoms with van der Waals surface area (Å²) in [6.07, 6.45) is 17.6. The van der Waals surface area contributed by atoms with Crippen molar-refractivity contribution in [3.63, 3.8) is 0 Å². The van der Waals surface area contributed by atoms with E-state index in [1.165, 1.54) is 36.0 Å². The summed E-state index contributed by atoms with van der Waals surface area (Å²) >= 11 is 0. The molecule has 1 aromatic heterocycles. The second kappa shape index (κ2) is 10.4. The van der Waals surface area contributed by atoms with E-state index in [-0.39, 0.29) is 11.3 Å². The Morgan fingerprint density at radius 1 is 1.09 bits per heavy atom. The summed E-state index contributed by atoms with van der Waals surface area (Å²) in [4.78, 5) is 16.8. The van der Waals surface area contributed by atoms with Crippen LogP contribution in [0, 0.1) is 5.41 Å². The molecule has 1 aliphatic carbocycles. The van der Waals surface area contributed by atoms with E-state index in [1.807, 2.05) is 49.4 Å². The van der Waals surface area contributed by atoms with E-state index in [4.69, 9.17) is 0 Å². The number of benzene rings is 1. The zero-order chi connectivity index (χ0) is 23.1. The fourth-order valence-electron chi connectivity index (χ4n) is 4.26. The van der Waals surface area contributed by atoms with Crippen LogP contribution < -0.4 is 5.32 Å². The maximum absolute atomic E-state index is 12.5. The van der Waals surface area contributed by atoms with Crippen LogP contribution in [-0.4, -0.2) is 10.9 Å². The summed E-state index contributed by atoms with van der Waals surface area (Å²) in [5.41, 5.74) is 6.93. The molecule has 0 unspecified atom stereocenters. The highest BCUT2D eigenvalue weighted by Crippen LogP contribution is 2.40. The zero-order valence-electron chi connectivity index (χ0n) is 19.9. The molecule has 0 bridgehead atoms. The van der Waals surface area contributed by atoms with Gasteiger partial charge < -0.3 is 5.32 Å². The molecule has 3 rings (SSSR count). The zero-order valence-corrected chi connectivity index (χ0v) is 19.9. The van der Waals surface area contributed by atoms with E-state index in [9.17, 15) is 4.79 Å². The van der Waals surface area contributed by atoms with Gasteiger partial charge in [0.15, 0.2) is 0 Å². The van der Waals surface area contributed by atoms with Crippen LogP contribution in [0.1, 0.15) is 53.9 Å². The van der Waals surface area contributed by atoms with Crippen LogP contribution in [0.4, 0.5) is 5.69 Å². The number of aromatic nitrogens is 1. The molecule has 0 radical (unpaired) electrons. The third-order valence-corrected chi connectivity index (χ3v) is 6.04. The standard InChI is InChI=1S/C29H34N2O/c1-21(15-16-25-23(3)12-9-18-29(25,4)5)10-8-11-22(2)20-28(32)31-27-17-19-30-26-14-7-6-13-24(26)27/h6-8,10-11,13-17,19-20H,9,12,18H2,1-5H3,(H,30,31,32)/b11-8+,16-15+,21-10+,22-20+. The number of allylic oxidation sites excluding steroid dienone is 9. The van der Waals surface area contributed by atoms with Crippen LogP contribution in [0.15, 0.2) is 95.3 Å². The van der Waals surface area contributed by atoms with Gasteiger partial charge in [0.05, 0.1) is 11.2 Å². The lowest BCUT2D eigenvalue weighted by Crippen LogP contribution is -2.19. The van der Waals surface area contributed by atoms with Crippen LogP contribution >= 0.6 is 0 Å². The van der Waals surface area contributed by atoms with Crippen molar-refractivity contribution in [1.82, 2.24) is 4.98 Å². The van der Waals surface area contributed by atoms with Gasteiger partial charge in [-0.1, -0.05) is 73.6 Å². The van der Waals surface area contributed by atoms with E-state index >= 15 is 0 Å². The van der Waals surface area contributed by atoms with E-state index in [2.05, 4.69) is 56.2 Å². The minimum atomic E-state index is -0.147. The number of pyridine rings is 1. The van der Waals surface area contributed by atoms with Gasteiger partial charge in [0.2, 0.25) is 5.91 Å². The fourth-order valence-corrected chi connectivity index (χ4v) is 4.26. The van der Waals surface area contributed by atoms with Crippen molar-refractivity contribution in [1.29, 1.82) is 0 Å². The minimum Gasteiger partial charge on any atom is -0.322 e. The van der Waals surface area contributed by atoms with Crippen molar-refractivity contribution < 1.29 is 4.79 Å². The van der Waals surface area contributed by atoms with E-state index in [1.54, 1.807) is 12.3 Å². The highest BCUT2D eigenvalue weighted by molar-refractivity contribution is 6.05.